The van der Waals surface area contributed by atoms with E-state index in [1.807, 2.05) is 6.92 Å². The first-order valence-electron chi connectivity index (χ1n) is 9.98. The van der Waals surface area contributed by atoms with E-state index >= 15 is 0 Å². The summed E-state index contributed by atoms with van der Waals surface area (Å²) in [5.74, 6) is -0.265. The largest absolute Gasteiger partial charge is 0.460 e. The molecule has 1 unspecified atom stereocenters. The summed E-state index contributed by atoms with van der Waals surface area (Å²) in [4.78, 5) is 35.7. The summed E-state index contributed by atoms with van der Waals surface area (Å²) >= 11 is 0. The molecule has 28 heavy (non-hydrogen) atoms. The van der Waals surface area contributed by atoms with Crippen molar-refractivity contribution in [2.45, 2.75) is 61.3 Å². The normalized spacial score (nSPS) is 13.4. The van der Waals surface area contributed by atoms with Crippen molar-refractivity contribution < 1.29 is 19.1 Å². The van der Waals surface area contributed by atoms with E-state index in [0.717, 1.165) is 12.8 Å². The van der Waals surface area contributed by atoms with Gasteiger partial charge in [0, 0.05) is 24.1 Å². The van der Waals surface area contributed by atoms with Gasteiger partial charge in [0.1, 0.15) is 6.61 Å². The summed E-state index contributed by atoms with van der Waals surface area (Å²) in [6, 6.07) is -0.376. The molecule has 0 saturated heterocycles. The molecule has 0 fully saturated rings. The van der Waals surface area contributed by atoms with E-state index in [2.05, 4.69) is 57.1 Å². The van der Waals surface area contributed by atoms with Crippen LogP contribution in [0.25, 0.3) is 0 Å². The SMILES string of the molecule is C=C(C)C(=O)OCCNC(=O)NCCNC(=O)C(C)(CC(C)(C)CC)C(C)C. The maximum absolute atomic E-state index is 12.8. The zero-order chi connectivity index (χ0) is 22.0. The Morgan fingerprint density at radius 2 is 1.54 bits per heavy atom. The lowest BCUT2D eigenvalue weighted by atomic mass is 9.66. The molecule has 0 bridgehead atoms. The first-order valence-corrected chi connectivity index (χ1v) is 9.98. The minimum Gasteiger partial charge on any atom is -0.460 e. The molecule has 7 nitrogen and oxygen atoms in total. The maximum atomic E-state index is 12.8. The van der Waals surface area contributed by atoms with Gasteiger partial charge in [-0.15, -0.1) is 0 Å². The van der Waals surface area contributed by atoms with Crippen molar-refractivity contribution in [2.75, 3.05) is 26.2 Å². The van der Waals surface area contributed by atoms with Crippen LogP contribution in [0.1, 0.15) is 61.3 Å². The lowest BCUT2D eigenvalue weighted by molar-refractivity contribution is -0.138. The predicted octanol–water partition coefficient (Wildman–Crippen LogP) is 3.01. The van der Waals surface area contributed by atoms with E-state index < -0.39 is 11.4 Å². The molecule has 0 aromatic carbocycles. The van der Waals surface area contributed by atoms with Gasteiger partial charge in [-0.05, 0) is 24.7 Å². The highest BCUT2D eigenvalue weighted by atomic mass is 16.5. The Morgan fingerprint density at radius 1 is 1.00 bits per heavy atom. The van der Waals surface area contributed by atoms with Gasteiger partial charge in [0.2, 0.25) is 5.91 Å². The molecule has 3 amide bonds. The number of carbonyl (C=O) groups is 3. The van der Waals surface area contributed by atoms with Gasteiger partial charge in [0.05, 0.1) is 6.54 Å². The molecule has 0 saturated carbocycles. The number of ether oxygens (including phenoxy) is 1. The highest BCUT2D eigenvalue weighted by molar-refractivity contribution is 5.87. The molecule has 0 aliphatic rings. The lowest BCUT2D eigenvalue weighted by Crippen LogP contribution is -2.47. The fourth-order valence-electron chi connectivity index (χ4n) is 2.71. The maximum Gasteiger partial charge on any atom is 0.333 e. The van der Waals surface area contributed by atoms with E-state index in [1.165, 1.54) is 0 Å². The summed E-state index contributed by atoms with van der Waals surface area (Å²) in [5.41, 5.74) is -0.0623. The van der Waals surface area contributed by atoms with E-state index in [9.17, 15) is 14.4 Å². The monoisotopic (exact) mass is 397 g/mol. The molecule has 0 aromatic rings. The Morgan fingerprint density at radius 3 is 2.04 bits per heavy atom. The standard InChI is InChI=1S/C21H39N3O4/c1-9-20(6,7)14-21(8,16(4)5)18(26)22-10-11-23-19(27)24-12-13-28-17(25)15(2)3/h16H,2,9-14H2,1,3-8H3,(H,22,26)(H2,23,24,27). The van der Waals surface area contributed by atoms with Crippen molar-refractivity contribution in [3.63, 3.8) is 0 Å². The number of hydrogen-bond donors (Lipinski definition) is 3. The second-order valence-electron chi connectivity index (χ2n) is 8.62. The van der Waals surface area contributed by atoms with Gasteiger partial charge < -0.3 is 20.7 Å². The van der Waals surface area contributed by atoms with Crippen LogP contribution in [0.2, 0.25) is 0 Å². The van der Waals surface area contributed by atoms with Crippen molar-refractivity contribution in [3.8, 4) is 0 Å². The van der Waals surface area contributed by atoms with Crippen molar-refractivity contribution in [3.05, 3.63) is 12.2 Å². The van der Waals surface area contributed by atoms with Gasteiger partial charge in [-0.25, -0.2) is 9.59 Å². The van der Waals surface area contributed by atoms with Crippen molar-refractivity contribution in [1.82, 2.24) is 16.0 Å². The number of carbonyl (C=O) groups excluding carboxylic acids is 3. The van der Waals surface area contributed by atoms with Gasteiger partial charge >= 0.3 is 12.0 Å². The Kier molecular flexibility index (Phi) is 10.9. The molecule has 0 aromatic heterocycles. The fourth-order valence-corrected chi connectivity index (χ4v) is 2.71. The van der Waals surface area contributed by atoms with Crippen LogP contribution < -0.4 is 16.0 Å². The van der Waals surface area contributed by atoms with Crippen LogP contribution in [0.15, 0.2) is 12.2 Å². The third-order valence-corrected chi connectivity index (χ3v) is 5.26. The number of amides is 3. The topological polar surface area (TPSA) is 96.5 Å². The third-order valence-electron chi connectivity index (χ3n) is 5.26. The Bertz CT molecular complexity index is 558. The van der Waals surface area contributed by atoms with Crippen molar-refractivity contribution in [1.29, 1.82) is 0 Å². The van der Waals surface area contributed by atoms with Gasteiger partial charge in [-0.2, -0.15) is 0 Å². The molecule has 0 aliphatic carbocycles. The van der Waals surface area contributed by atoms with E-state index in [0.29, 0.717) is 18.7 Å². The second kappa shape index (κ2) is 11.7. The molecule has 7 heteroatoms. The fraction of sp³-hybridized carbons (Fsp3) is 0.762. The van der Waals surface area contributed by atoms with Crippen LogP contribution in [0.3, 0.4) is 0 Å². The van der Waals surface area contributed by atoms with Gasteiger partial charge in [-0.3, -0.25) is 4.79 Å². The highest BCUT2D eigenvalue weighted by Gasteiger charge is 2.40. The molecule has 0 aliphatic heterocycles. The van der Waals surface area contributed by atoms with Crippen molar-refractivity contribution >= 4 is 17.9 Å². The minimum absolute atomic E-state index is 0.0120. The van der Waals surface area contributed by atoms with Crippen LogP contribution in [0.4, 0.5) is 4.79 Å². The summed E-state index contributed by atoms with van der Waals surface area (Å²) < 4.78 is 4.88. The van der Waals surface area contributed by atoms with Crippen LogP contribution >= 0.6 is 0 Å². The molecule has 0 spiro atoms. The molecule has 0 heterocycles. The Labute approximate surface area is 170 Å². The lowest BCUT2D eigenvalue weighted by Gasteiger charge is -2.39. The van der Waals surface area contributed by atoms with Gasteiger partial charge in [0.15, 0.2) is 0 Å². The second-order valence-corrected chi connectivity index (χ2v) is 8.62. The quantitative estimate of drug-likeness (QED) is 0.268. The van der Waals surface area contributed by atoms with E-state index in [4.69, 9.17) is 4.74 Å². The highest BCUT2D eigenvalue weighted by Crippen LogP contribution is 2.41. The van der Waals surface area contributed by atoms with Crippen LogP contribution in [-0.4, -0.2) is 44.1 Å². The number of esters is 1. The average Bonchev–Trinajstić information content (AvgIpc) is 2.61. The molecule has 0 rings (SSSR count). The summed E-state index contributed by atoms with van der Waals surface area (Å²) in [6.45, 7) is 18.6. The smallest absolute Gasteiger partial charge is 0.333 e. The number of urea groups is 1. The summed E-state index contributed by atoms with van der Waals surface area (Å²) in [7, 11) is 0. The summed E-state index contributed by atoms with van der Waals surface area (Å²) in [6.07, 6.45) is 1.81. The van der Waals surface area contributed by atoms with E-state index in [1.54, 1.807) is 6.92 Å². The average molecular weight is 398 g/mol. The Balaban J connectivity index is 4.26. The Hall–Kier alpha value is -2.05. The first-order chi connectivity index (χ1) is 12.9. The van der Waals surface area contributed by atoms with E-state index in [-0.39, 0.29) is 36.4 Å². The van der Waals surface area contributed by atoms with Crippen LogP contribution in [0, 0.1) is 16.7 Å². The molecular weight excluding hydrogens is 358 g/mol. The molecule has 1 atom stereocenters. The molecule has 162 valence electrons. The molecular formula is C21H39N3O4. The van der Waals surface area contributed by atoms with Crippen LogP contribution in [-0.2, 0) is 14.3 Å². The molecule has 0 radical (unpaired) electrons. The zero-order valence-electron chi connectivity index (χ0n) is 18.7. The zero-order valence-corrected chi connectivity index (χ0v) is 18.7. The minimum atomic E-state index is -0.482. The third kappa shape index (κ3) is 9.24. The predicted molar refractivity (Wildman–Crippen MR) is 112 cm³/mol. The molecule has 3 N–H and O–H groups in total. The number of rotatable bonds is 12. The number of nitrogens with one attached hydrogen (secondary N) is 3. The van der Waals surface area contributed by atoms with Gasteiger partial charge in [0.25, 0.3) is 0 Å². The first kappa shape index (κ1) is 26.0. The van der Waals surface area contributed by atoms with Gasteiger partial charge in [-0.1, -0.05) is 54.5 Å². The van der Waals surface area contributed by atoms with Crippen LogP contribution in [0.5, 0.6) is 0 Å². The van der Waals surface area contributed by atoms with Crippen molar-refractivity contribution in [2.24, 2.45) is 16.7 Å². The number of hydrogen-bond acceptors (Lipinski definition) is 4. The summed E-state index contributed by atoms with van der Waals surface area (Å²) in [5, 5.41) is 8.19.